The third kappa shape index (κ3) is 4.03. The summed E-state index contributed by atoms with van der Waals surface area (Å²) in [6, 6.07) is 3.56. The highest BCUT2D eigenvalue weighted by atomic mass is 32.2. The van der Waals surface area contributed by atoms with Crippen molar-refractivity contribution in [2.45, 2.75) is 25.7 Å². The molecular weight excluding hydrogens is 288 g/mol. The molecule has 0 spiro atoms. The van der Waals surface area contributed by atoms with Gasteiger partial charge in [0.2, 0.25) is 10.0 Å². The summed E-state index contributed by atoms with van der Waals surface area (Å²) >= 11 is 0. The van der Waals surface area contributed by atoms with Gasteiger partial charge < -0.3 is 9.64 Å². The molecule has 1 saturated heterocycles. The van der Waals surface area contributed by atoms with E-state index in [9.17, 15) is 8.42 Å². The topological polar surface area (TPSA) is 59.8 Å². The van der Waals surface area contributed by atoms with Crippen LogP contribution in [0.2, 0.25) is 0 Å². The van der Waals surface area contributed by atoms with Gasteiger partial charge >= 0.3 is 0 Å². The molecule has 1 aliphatic rings. The molecular formula is C15H25N2O3S+. The first-order chi connectivity index (χ1) is 9.92. The number of hydrogen-bond donors (Lipinski definition) is 2. The third-order valence-corrected chi connectivity index (χ3v) is 5.87. The zero-order chi connectivity index (χ0) is 15.5. The van der Waals surface area contributed by atoms with E-state index < -0.39 is 10.0 Å². The minimum atomic E-state index is -3.43. The number of ether oxygens (including phenoxy) is 1. The van der Waals surface area contributed by atoms with E-state index in [1.165, 1.54) is 4.90 Å². The molecule has 2 rings (SSSR count). The van der Waals surface area contributed by atoms with Crippen LogP contribution in [0.3, 0.4) is 0 Å². The summed E-state index contributed by atoms with van der Waals surface area (Å²) in [6.45, 7) is 10.5. The zero-order valence-corrected chi connectivity index (χ0v) is 13.8. The van der Waals surface area contributed by atoms with Crippen LogP contribution >= 0.6 is 0 Å². The second-order valence-corrected chi connectivity index (χ2v) is 7.38. The highest BCUT2D eigenvalue weighted by molar-refractivity contribution is 7.89. The molecule has 0 saturated carbocycles. The molecule has 0 radical (unpaired) electrons. The summed E-state index contributed by atoms with van der Waals surface area (Å²) < 4.78 is 32.8. The highest BCUT2D eigenvalue weighted by Crippen LogP contribution is 2.20. The van der Waals surface area contributed by atoms with Gasteiger partial charge in [-0.1, -0.05) is 6.07 Å². The lowest BCUT2D eigenvalue weighted by molar-refractivity contribution is -0.906. The average Bonchev–Trinajstić information content (AvgIpc) is 2.45. The first kappa shape index (κ1) is 16.4. The molecule has 1 fully saturated rings. The van der Waals surface area contributed by atoms with E-state index in [4.69, 9.17) is 4.74 Å². The molecule has 0 atom stereocenters. The fourth-order valence-electron chi connectivity index (χ4n) is 2.57. The Hall–Kier alpha value is -0.950. The summed E-state index contributed by atoms with van der Waals surface area (Å²) in [4.78, 5) is 1.78. The predicted molar refractivity (Wildman–Crippen MR) is 82.2 cm³/mol. The number of hydrogen-bond acceptors (Lipinski definition) is 3. The Morgan fingerprint density at radius 1 is 1.14 bits per heavy atom. The molecule has 0 aromatic heterocycles. The number of sulfonamides is 1. The fourth-order valence-corrected chi connectivity index (χ4v) is 3.90. The predicted octanol–water partition coefficient (Wildman–Crippen LogP) is -0.195. The Balaban J connectivity index is 2.00. The first-order valence-electron chi connectivity index (χ1n) is 7.39. The molecule has 0 aliphatic carbocycles. The largest absolute Gasteiger partial charge is 0.370 e. The number of rotatable bonds is 5. The van der Waals surface area contributed by atoms with Crippen LogP contribution in [0, 0.1) is 20.8 Å². The van der Waals surface area contributed by atoms with Gasteiger partial charge in [0, 0.05) is 0 Å². The standard InChI is InChI=1S/C15H24N2O3S/c1-12-4-5-15(14(3)13(12)2)21(18,19)16-6-7-17-8-10-20-11-9-17/h4-5,16H,6-11H2,1-3H3/p+1. The molecule has 118 valence electrons. The molecule has 0 unspecified atom stereocenters. The molecule has 21 heavy (non-hydrogen) atoms. The van der Waals surface area contributed by atoms with Crippen LogP contribution in [0.4, 0.5) is 0 Å². The number of benzene rings is 1. The average molecular weight is 313 g/mol. The summed E-state index contributed by atoms with van der Waals surface area (Å²) in [5.74, 6) is 0. The Morgan fingerprint density at radius 2 is 1.81 bits per heavy atom. The van der Waals surface area contributed by atoms with Gasteiger partial charge in [0.25, 0.3) is 0 Å². The Bertz CT molecular complexity index is 593. The maximum Gasteiger partial charge on any atom is 0.241 e. The fraction of sp³-hybridized carbons (Fsp3) is 0.600. The number of aryl methyl sites for hydroxylation is 1. The Labute approximate surface area is 127 Å². The molecule has 0 amide bonds. The second kappa shape index (κ2) is 6.87. The van der Waals surface area contributed by atoms with Gasteiger partial charge in [-0.25, -0.2) is 13.1 Å². The van der Waals surface area contributed by atoms with Gasteiger partial charge in [0.05, 0.1) is 31.2 Å². The van der Waals surface area contributed by atoms with Crippen LogP contribution in [0.25, 0.3) is 0 Å². The molecule has 0 bridgehead atoms. The van der Waals surface area contributed by atoms with Gasteiger partial charge in [0.15, 0.2) is 0 Å². The molecule has 1 aromatic carbocycles. The minimum absolute atomic E-state index is 0.391. The van der Waals surface area contributed by atoms with Crippen molar-refractivity contribution in [3.8, 4) is 0 Å². The summed E-state index contributed by atoms with van der Waals surface area (Å²) in [5.41, 5.74) is 2.99. The zero-order valence-electron chi connectivity index (χ0n) is 13.0. The second-order valence-electron chi connectivity index (χ2n) is 5.64. The molecule has 1 heterocycles. The van der Waals surface area contributed by atoms with E-state index in [0.29, 0.717) is 11.4 Å². The van der Waals surface area contributed by atoms with Crippen molar-refractivity contribution in [3.63, 3.8) is 0 Å². The normalized spacial score (nSPS) is 17.1. The minimum Gasteiger partial charge on any atom is -0.370 e. The lowest BCUT2D eigenvalue weighted by Crippen LogP contribution is -3.14. The van der Waals surface area contributed by atoms with Crippen molar-refractivity contribution in [2.75, 3.05) is 39.4 Å². The van der Waals surface area contributed by atoms with E-state index in [2.05, 4.69) is 4.72 Å². The smallest absolute Gasteiger partial charge is 0.241 e. The van der Waals surface area contributed by atoms with Crippen molar-refractivity contribution in [3.05, 3.63) is 28.8 Å². The molecule has 1 aromatic rings. The summed E-state index contributed by atoms with van der Waals surface area (Å²) in [5, 5.41) is 0. The first-order valence-corrected chi connectivity index (χ1v) is 8.88. The van der Waals surface area contributed by atoms with Crippen LogP contribution in [0.15, 0.2) is 17.0 Å². The van der Waals surface area contributed by atoms with Crippen molar-refractivity contribution in [2.24, 2.45) is 0 Å². The van der Waals surface area contributed by atoms with Crippen LogP contribution < -0.4 is 9.62 Å². The highest BCUT2D eigenvalue weighted by Gasteiger charge is 2.19. The van der Waals surface area contributed by atoms with E-state index in [1.807, 2.05) is 26.8 Å². The maximum absolute atomic E-state index is 12.4. The van der Waals surface area contributed by atoms with Gasteiger partial charge in [-0.2, -0.15) is 0 Å². The lowest BCUT2D eigenvalue weighted by atomic mass is 10.1. The number of quaternary nitrogens is 1. The monoisotopic (exact) mass is 313 g/mol. The molecule has 2 N–H and O–H groups in total. The van der Waals surface area contributed by atoms with Crippen molar-refractivity contribution in [1.29, 1.82) is 0 Å². The Morgan fingerprint density at radius 3 is 2.48 bits per heavy atom. The lowest BCUT2D eigenvalue weighted by Gasteiger charge is -2.23. The maximum atomic E-state index is 12.4. The number of nitrogens with one attached hydrogen (secondary N) is 2. The van der Waals surface area contributed by atoms with E-state index >= 15 is 0 Å². The van der Waals surface area contributed by atoms with Crippen molar-refractivity contribution < 1.29 is 18.1 Å². The molecule has 6 heteroatoms. The van der Waals surface area contributed by atoms with E-state index in [0.717, 1.165) is 49.5 Å². The summed E-state index contributed by atoms with van der Waals surface area (Å²) in [6.07, 6.45) is 0. The third-order valence-electron chi connectivity index (χ3n) is 4.27. The van der Waals surface area contributed by atoms with Crippen LogP contribution in [0.1, 0.15) is 16.7 Å². The summed E-state index contributed by atoms with van der Waals surface area (Å²) in [7, 11) is -3.43. The van der Waals surface area contributed by atoms with Crippen molar-refractivity contribution in [1.82, 2.24) is 4.72 Å². The van der Waals surface area contributed by atoms with Crippen LogP contribution in [-0.4, -0.2) is 47.8 Å². The van der Waals surface area contributed by atoms with Crippen LogP contribution in [-0.2, 0) is 14.8 Å². The van der Waals surface area contributed by atoms with Gasteiger partial charge in [0.1, 0.15) is 13.1 Å². The Kier molecular flexibility index (Phi) is 5.37. The molecule has 5 nitrogen and oxygen atoms in total. The molecule has 1 aliphatic heterocycles. The number of morpholine rings is 1. The van der Waals surface area contributed by atoms with Crippen molar-refractivity contribution >= 4 is 10.0 Å². The SMILES string of the molecule is Cc1ccc(S(=O)(=O)NCC[NH+]2CCOCC2)c(C)c1C. The van der Waals surface area contributed by atoms with E-state index in [1.54, 1.807) is 6.07 Å². The van der Waals surface area contributed by atoms with Gasteiger partial charge in [-0.3, -0.25) is 0 Å². The van der Waals surface area contributed by atoms with Gasteiger partial charge in [-0.05, 0) is 43.5 Å². The van der Waals surface area contributed by atoms with Gasteiger partial charge in [-0.15, -0.1) is 0 Å². The van der Waals surface area contributed by atoms with Crippen LogP contribution in [0.5, 0.6) is 0 Å². The quantitative estimate of drug-likeness (QED) is 0.792. The van der Waals surface area contributed by atoms with E-state index in [-0.39, 0.29) is 0 Å².